The summed E-state index contributed by atoms with van der Waals surface area (Å²) in [7, 11) is 0. The van der Waals surface area contributed by atoms with Gasteiger partial charge in [0.1, 0.15) is 0 Å². The van der Waals surface area contributed by atoms with Gasteiger partial charge in [-0.3, -0.25) is 4.79 Å². The molecule has 0 amide bonds. The standard InChI is InChI=1S/C15H13BrO/c16-11-15(17)14-8-6-13(7-9-14)10-12-4-2-1-3-5-12/h1-9H,10-11H2. The van der Waals surface area contributed by atoms with Crippen molar-refractivity contribution in [3.63, 3.8) is 0 Å². The molecule has 0 unspecified atom stereocenters. The maximum atomic E-state index is 11.4. The van der Waals surface area contributed by atoms with Crippen molar-refractivity contribution in [1.29, 1.82) is 0 Å². The van der Waals surface area contributed by atoms with Crippen LogP contribution in [0.3, 0.4) is 0 Å². The number of hydrogen-bond donors (Lipinski definition) is 0. The van der Waals surface area contributed by atoms with Crippen LogP contribution in [0.1, 0.15) is 21.5 Å². The SMILES string of the molecule is O=C(CBr)c1ccc(Cc2ccccc2)cc1. The lowest BCUT2D eigenvalue weighted by atomic mass is 10.0. The number of carbonyl (C=O) groups is 1. The first-order valence-electron chi connectivity index (χ1n) is 5.51. The van der Waals surface area contributed by atoms with Crippen LogP contribution in [0.25, 0.3) is 0 Å². The van der Waals surface area contributed by atoms with Crippen molar-refractivity contribution in [2.75, 3.05) is 5.33 Å². The van der Waals surface area contributed by atoms with E-state index in [1.807, 2.05) is 42.5 Å². The first-order valence-corrected chi connectivity index (χ1v) is 6.64. The van der Waals surface area contributed by atoms with Gasteiger partial charge in [0.05, 0.1) is 5.33 Å². The molecule has 0 atom stereocenters. The van der Waals surface area contributed by atoms with Crippen molar-refractivity contribution < 1.29 is 4.79 Å². The minimum absolute atomic E-state index is 0.122. The first-order chi connectivity index (χ1) is 8.29. The van der Waals surface area contributed by atoms with Crippen LogP contribution in [0.4, 0.5) is 0 Å². The van der Waals surface area contributed by atoms with Crippen molar-refractivity contribution in [3.05, 3.63) is 71.3 Å². The minimum Gasteiger partial charge on any atom is -0.293 e. The lowest BCUT2D eigenvalue weighted by molar-refractivity contribution is 0.102. The first kappa shape index (κ1) is 12.1. The Morgan fingerprint density at radius 1 is 0.882 bits per heavy atom. The van der Waals surface area contributed by atoms with E-state index in [0.717, 1.165) is 12.0 Å². The third-order valence-corrected chi connectivity index (χ3v) is 3.16. The molecule has 0 bridgehead atoms. The molecular weight excluding hydrogens is 276 g/mol. The Bertz CT molecular complexity index is 488. The van der Waals surface area contributed by atoms with Crippen LogP contribution in [-0.4, -0.2) is 11.1 Å². The monoisotopic (exact) mass is 288 g/mol. The van der Waals surface area contributed by atoms with Crippen molar-refractivity contribution in [3.8, 4) is 0 Å². The van der Waals surface area contributed by atoms with Gasteiger partial charge in [-0.05, 0) is 17.5 Å². The zero-order valence-electron chi connectivity index (χ0n) is 9.40. The Balaban J connectivity index is 2.11. The van der Waals surface area contributed by atoms with Crippen LogP contribution < -0.4 is 0 Å². The number of alkyl halides is 1. The molecule has 0 heterocycles. The third-order valence-electron chi connectivity index (χ3n) is 2.65. The maximum absolute atomic E-state index is 11.4. The highest BCUT2D eigenvalue weighted by Crippen LogP contribution is 2.11. The fourth-order valence-corrected chi connectivity index (χ4v) is 2.04. The second-order valence-corrected chi connectivity index (χ2v) is 4.48. The summed E-state index contributed by atoms with van der Waals surface area (Å²) in [4.78, 5) is 11.4. The Morgan fingerprint density at radius 3 is 2.06 bits per heavy atom. The minimum atomic E-state index is 0.122. The third kappa shape index (κ3) is 3.27. The molecular formula is C15H13BrO. The summed E-state index contributed by atoms with van der Waals surface area (Å²) in [5.41, 5.74) is 3.27. The highest BCUT2D eigenvalue weighted by atomic mass is 79.9. The smallest absolute Gasteiger partial charge is 0.173 e. The number of Topliss-reactive ketones (excluding diaryl/α,β-unsaturated/α-hetero) is 1. The number of carbonyl (C=O) groups excluding carboxylic acids is 1. The molecule has 0 aliphatic rings. The van der Waals surface area contributed by atoms with Gasteiger partial charge >= 0.3 is 0 Å². The highest BCUT2D eigenvalue weighted by molar-refractivity contribution is 9.09. The normalized spacial score (nSPS) is 10.2. The highest BCUT2D eigenvalue weighted by Gasteiger charge is 2.03. The van der Waals surface area contributed by atoms with Gasteiger partial charge < -0.3 is 0 Å². The van der Waals surface area contributed by atoms with Crippen LogP contribution in [-0.2, 0) is 6.42 Å². The molecule has 0 aliphatic carbocycles. The quantitative estimate of drug-likeness (QED) is 0.617. The molecule has 1 nitrogen and oxygen atoms in total. The summed E-state index contributed by atoms with van der Waals surface area (Å²) in [5.74, 6) is 0.122. The molecule has 2 rings (SSSR count). The predicted molar refractivity (Wildman–Crippen MR) is 73.8 cm³/mol. The molecule has 0 aliphatic heterocycles. The average molecular weight is 289 g/mol. The molecule has 86 valence electrons. The molecule has 2 heteroatoms. The molecule has 0 spiro atoms. The fourth-order valence-electron chi connectivity index (χ4n) is 1.72. The van der Waals surface area contributed by atoms with Crippen molar-refractivity contribution in [2.45, 2.75) is 6.42 Å². The van der Waals surface area contributed by atoms with E-state index in [-0.39, 0.29) is 5.78 Å². The number of rotatable bonds is 4. The van der Waals surface area contributed by atoms with Gasteiger partial charge in [0.25, 0.3) is 0 Å². The van der Waals surface area contributed by atoms with Crippen molar-refractivity contribution in [1.82, 2.24) is 0 Å². The van der Waals surface area contributed by atoms with E-state index in [9.17, 15) is 4.79 Å². The molecule has 0 saturated carbocycles. The molecule has 0 aromatic heterocycles. The van der Waals surface area contributed by atoms with E-state index in [1.54, 1.807) is 0 Å². The van der Waals surface area contributed by atoms with E-state index in [2.05, 4.69) is 28.1 Å². The van der Waals surface area contributed by atoms with E-state index in [1.165, 1.54) is 11.1 Å². The largest absolute Gasteiger partial charge is 0.293 e. The summed E-state index contributed by atoms with van der Waals surface area (Å²) >= 11 is 3.17. The van der Waals surface area contributed by atoms with E-state index in [0.29, 0.717) is 5.33 Å². The summed E-state index contributed by atoms with van der Waals surface area (Å²) in [6.07, 6.45) is 0.906. The molecule has 0 saturated heterocycles. The molecule has 0 radical (unpaired) electrons. The molecule has 2 aromatic carbocycles. The maximum Gasteiger partial charge on any atom is 0.173 e. The topological polar surface area (TPSA) is 17.1 Å². The second-order valence-electron chi connectivity index (χ2n) is 3.92. The van der Waals surface area contributed by atoms with Gasteiger partial charge in [0.15, 0.2) is 5.78 Å². The number of halogens is 1. The second kappa shape index (κ2) is 5.78. The van der Waals surface area contributed by atoms with E-state index in [4.69, 9.17) is 0 Å². The molecule has 2 aromatic rings. The van der Waals surface area contributed by atoms with Gasteiger partial charge in [0, 0.05) is 5.56 Å². The Hall–Kier alpha value is -1.41. The Kier molecular flexibility index (Phi) is 4.10. The Labute approximate surface area is 110 Å². The molecule has 0 fully saturated rings. The summed E-state index contributed by atoms with van der Waals surface area (Å²) in [6, 6.07) is 18.1. The van der Waals surface area contributed by atoms with Crippen LogP contribution in [0.15, 0.2) is 54.6 Å². The number of hydrogen-bond acceptors (Lipinski definition) is 1. The Morgan fingerprint density at radius 2 is 1.47 bits per heavy atom. The zero-order chi connectivity index (χ0) is 12.1. The summed E-state index contributed by atoms with van der Waals surface area (Å²) < 4.78 is 0. The van der Waals surface area contributed by atoms with E-state index < -0.39 is 0 Å². The van der Waals surface area contributed by atoms with E-state index >= 15 is 0 Å². The van der Waals surface area contributed by atoms with Crippen LogP contribution in [0.2, 0.25) is 0 Å². The van der Waals surface area contributed by atoms with Crippen LogP contribution in [0.5, 0.6) is 0 Å². The number of benzene rings is 2. The van der Waals surface area contributed by atoms with Gasteiger partial charge in [-0.15, -0.1) is 0 Å². The predicted octanol–water partition coefficient (Wildman–Crippen LogP) is 3.86. The lowest BCUT2D eigenvalue weighted by Gasteiger charge is -2.03. The summed E-state index contributed by atoms with van der Waals surface area (Å²) in [5, 5.41) is 0.380. The average Bonchev–Trinajstić information content (AvgIpc) is 2.40. The van der Waals surface area contributed by atoms with Crippen molar-refractivity contribution >= 4 is 21.7 Å². The van der Waals surface area contributed by atoms with Crippen LogP contribution in [0, 0.1) is 0 Å². The molecule has 17 heavy (non-hydrogen) atoms. The van der Waals surface area contributed by atoms with Gasteiger partial charge in [-0.25, -0.2) is 0 Å². The summed E-state index contributed by atoms with van der Waals surface area (Å²) in [6.45, 7) is 0. The van der Waals surface area contributed by atoms with Gasteiger partial charge in [0.2, 0.25) is 0 Å². The zero-order valence-corrected chi connectivity index (χ0v) is 11.0. The number of ketones is 1. The van der Waals surface area contributed by atoms with Gasteiger partial charge in [-0.2, -0.15) is 0 Å². The van der Waals surface area contributed by atoms with Gasteiger partial charge in [-0.1, -0.05) is 70.5 Å². The van der Waals surface area contributed by atoms with Crippen LogP contribution >= 0.6 is 15.9 Å². The van der Waals surface area contributed by atoms with Crippen molar-refractivity contribution in [2.24, 2.45) is 0 Å². The lowest BCUT2D eigenvalue weighted by Crippen LogP contribution is -1.99. The molecule has 0 N–H and O–H groups in total. The fraction of sp³-hybridized carbons (Fsp3) is 0.133.